The second kappa shape index (κ2) is 6.08. The first-order chi connectivity index (χ1) is 10.1. The van der Waals surface area contributed by atoms with Crippen molar-refractivity contribution in [3.8, 4) is 5.75 Å². The highest BCUT2D eigenvalue weighted by Crippen LogP contribution is 2.44. The van der Waals surface area contributed by atoms with Crippen LogP contribution in [-0.2, 0) is 4.79 Å². The van der Waals surface area contributed by atoms with Crippen molar-refractivity contribution in [1.82, 2.24) is 5.32 Å². The zero-order valence-electron chi connectivity index (χ0n) is 13.0. The summed E-state index contributed by atoms with van der Waals surface area (Å²) >= 11 is 0. The molecule has 2 aliphatic carbocycles. The van der Waals surface area contributed by atoms with Crippen LogP contribution in [0.5, 0.6) is 5.75 Å². The SMILES string of the molecule is CC(C)c1ccccc1OCC(=O)N[C@H]1C[C@@H]2CC[C@@H]1C2. The van der Waals surface area contributed by atoms with Gasteiger partial charge in [-0.1, -0.05) is 38.5 Å². The lowest BCUT2D eigenvalue weighted by Crippen LogP contribution is -2.40. The molecule has 2 saturated carbocycles. The van der Waals surface area contributed by atoms with E-state index in [2.05, 4.69) is 25.2 Å². The van der Waals surface area contributed by atoms with Crippen LogP contribution in [0.15, 0.2) is 24.3 Å². The van der Waals surface area contributed by atoms with Crippen molar-refractivity contribution in [3.05, 3.63) is 29.8 Å². The highest BCUT2D eigenvalue weighted by atomic mass is 16.5. The molecule has 2 bridgehead atoms. The third kappa shape index (κ3) is 3.22. The Hall–Kier alpha value is -1.51. The topological polar surface area (TPSA) is 38.3 Å². The molecule has 0 unspecified atom stereocenters. The number of hydrogen-bond donors (Lipinski definition) is 1. The van der Waals surface area contributed by atoms with E-state index in [1.54, 1.807) is 0 Å². The molecule has 3 nitrogen and oxygen atoms in total. The quantitative estimate of drug-likeness (QED) is 0.900. The minimum Gasteiger partial charge on any atom is -0.483 e. The van der Waals surface area contributed by atoms with Crippen molar-refractivity contribution in [2.75, 3.05) is 6.61 Å². The summed E-state index contributed by atoms with van der Waals surface area (Å²) in [6, 6.07) is 8.36. The van der Waals surface area contributed by atoms with E-state index in [1.165, 1.54) is 25.7 Å². The van der Waals surface area contributed by atoms with Gasteiger partial charge in [0.15, 0.2) is 6.61 Å². The third-order valence-corrected chi connectivity index (χ3v) is 4.98. The molecule has 3 heteroatoms. The highest BCUT2D eigenvalue weighted by Gasteiger charge is 2.40. The van der Waals surface area contributed by atoms with Gasteiger partial charge in [0.25, 0.3) is 5.91 Å². The molecule has 0 radical (unpaired) electrons. The van der Waals surface area contributed by atoms with Gasteiger partial charge in [-0.15, -0.1) is 0 Å². The van der Waals surface area contributed by atoms with E-state index in [0.29, 0.717) is 17.9 Å². The fourth-order valence-corrected chi connectivity index (χ4v) is 3.90. The number of rotatable bonds is 5. The summed E-state index contributed by atoms with van der Waals surface area (Å²) in [4.78, 5) is 12.1. The molecule has 114 valence electrons. The molecular formula is C18H25NO2. The summed E-state index contributed by atoms with van der Waals surface area (Å²) in [6.07, 6.45) is 5.11. The van der Waals surface area contributed by atoms with Crippen LogP contribution in [0, 0.1) is 11.8 Å². The smallest absolute Gasteiger partial charge is 0.258 e. The Morgan fingerprint density at radius 1 is 1.29 bits per heavy atom. The molecular weight excluding hydrogens is 262 g/mol. The van der Waals surface area contributed by atoms with E-state index in [4.69, 9.17) is 4.74 Å². The normalized spacial score (nSPS) is 27.1. The van der Waals surface area contributed by atoms with E-state index < -0.39 is 0 Å². The van der Waals surface area contributed by atoms with Crippen molar-refractivity contribution in [1.29, 1.82) is 0 Å². The van der Waals surface area contributed by atoms with Crippen molar-refractivity contribution in [2.24, 2.45) is 11.8 Å². The van der Waals surface area contributed by atoms with Gasteiger partial charge in [0, 0.05) is 6.04 Å². The number of carbonyl (C=O) groups excluding carboxylic acids is 1. The minimum atomic E-state index is 0.0195. The predicted molar refractivity (Wildman–Crippen MR) is 83.4 cm³/mol. The van der Waals surface area contributed by atoms with Crippen LogP contribution in [0.3, 0.4) is 0 Å². The van der Waals surface area contributed by atoms with Crippen molar-refractivity contribution in [2.45, 2.75) is 51.5 Å². The average molecular weight is 287 g/mol. The van der Waals surface area contributed by atoms with Crippen molar-refractivity contribution in [3.63, 3.8) is 0 Å². The molecule has 3 rings (SSSR count). The zero-order chi connectivity index (χ0) is 14.8. The van der Waals surface area contributed by atoms with Gasteiger partial charge in [0.05, 0.1) is 0 Å². The summed E-state index contributed by atoms with van der Waals surface area (Å²) in [5.41, 5.74) is 1.16. The van der Waals surface area contributed by atoms with Gasteiger partial charge in [0.1, 0.15) is 5.75 Å². The van der Waals surface area contributed by atoms with Crippen molar-refractivity contribution < 1.29 is 9.53 Å². The number of ether oxygens (including phenoxy) is 1. The maximum absolute atomic E-state index is 12.1. The average Bonchev–Trinajstić information content (AvgIpc) is 3.08. The van der Waals surface area contributed by atoms with Gasteiger partial charge < -0.3 is 10.1 Å². The Kier molecular flexibility index (Phi) is 4.18. The van der Waals surface area contributed by atoms with Gasteiger partial charge in [-0.05, 0) is 48.6 Å². The molecule has 1 aromatic rings. The second-order valence-electron chi connectivity index (χ2n) is 6.83. The van der Waals surface area contributed by atoms with Crippen LogP contribution >= 0.6 is 0 Å². The molecule has 0 aromatic heterocycles. The minimum absolute atomic E-state index is 0.0195. The van der Waals surface area contributed by atoms with Crippen LogP contribution < -0.4 is 10.1 Å². The molecule has 1 N–H and O–H groups in total. The fraction of sp³-hybridized carbons (Fsp3) is 0.611. The third-order valence-electron chi connectivity index (χ3n) is 4.98. The van der Waals surface area contributed by atoms with Crippen LogP contribution in [0.2, 0.25) is 0 Å². The Morgan fingerprint density at radius 3 is 2.76 bits per heavy atom. The summed E-state index contributed by atoms with van der Waals surface area (Å²) in [5.74, 6) is 2.81. The van der Waals surface area contributed by atoms with Gasteiger partial charge in [-0.2, -0.15) is 0 Å². The van der Waals surface area contributed by atoms with Gasteiger partial charge >= 0.3 is 0 Å². The summed E-state index contributed by atoms with van der Waals surface area (Å²) < 4.78 is 5.74. The molecule has 0 saturated heterocycles. The highest BCUT2D eigenvalue weighted by molar-refractivity contribution is 5.78. The van der Waals surface area contributed by atoms with E-state index in [9.17, 15) is 4.79 Å². The Bertz CT molecular complexity index is 512. The lowest BCUT2D eigenvalue weighted by molar-refractivity contribution is -0.124. The molecule has 0 aliphatic heterocycles. The number of benzene rings is 1. The van der Waals surface area contributed by atoms with Crippen LogP contribution in [0.4, 0.5) is 0 Å². The van der Waals surface area contributed by atoms with Crippen LogP contribution in [0.25, 0.3) is 0 Å². The standard InChI is InChI=1S/C18H25NO2/c1-12(2)15-5-3-4-6-17(15)21-11-18(20)19-16-10-13-7-8-14(16)9-13/h3-6,12-14,16H,7-11H2,1-2H3,(H,19,20)/t13-,14-,16+/m1/s1. The first-order valence-corrected chi connectivity index (χ1v) is 8.14. The van der Waals surface area contributed by atoms with E-state index in [0.717, 1.165) is 17.2 Å². The largest absolute Gasteiger partial charge is 0.483 e. The Labute approximate surface area is 127 Å². The number of fused-ring (bicyclic) bond motifs is 2. The lowest BCUT2D eigenvalue weighted by atomic mass is 9.95. The van der Waals surface area contributed by atoms with E-state index >= 15 is 0 Å². The maximum Gasteiger partial charge on any atom is 0.258 e. The molecule has 3 atom stereocenters. The maximum atomic E-state index is 12.1. The lowest BCUT2D eigenvalue weighted by Gasteiger charge is -2.23. The number of carbonyl (C=O) groups is 1. The zero-order valence-corrected chi connectivity index (χ0v) is 13.0. The fourth-order valence-electron chi connectivity index (χ4n) is 3.90. The molecule has 1 aromatic carbocycles. The number of amides is 1. The van der Waals surface area contributed by atoms with Crippen molar-refractivity contribution >= 4 is 5.91 Å². The number of para-hydroxylation sites is 1. The summed E-state index contributed by atoms with van der Waals surface area (Å²) in [6.45, 7) is 4.40. The van der Waals surface area contributed by atoms with E-state index in [-0.39, 0.29) is 12.5 Å². The molecule has 21 heavy (non-hydrogen) atoms. The first-order valence-electron chi connectivity index (χ1n) is 8.14. The monoisotopic (exact) mass is 287 g/mol. The molecule has 0 spiro atoms. The van der Waals surface area contributed by atoms with Gasteiger partial charge in [-0.3, -0.25) is 4.79 Å². The van der Waals surface area contributed by atoms with Crippen LogP contribution in [-0.4, -0.2) is 18.6 Å². The summed E-state index contributed by atoms with van der Waals surface area (Å²) in [7, 11) is 0. The number of hydrogen-bond acceptors (Lipinski definition) is 2. The van der Waals surface area contributed by atoms with E-state index in [1.807, 2.05) is 18.2 Å². The van der Waals surface area contributed by atoms with Gasteiger partial charge in [-0.25, -0.2) is 0 Å². The van der Waals surface area contributed by atoms with Gasteiger partial charge in [0.2, 0.25) is 0 Å². The number of nitrogens with one attached hydrogen (secondary N) is 1. The summed E-state index contributed by atoms with van der Waals surface area (Å²) in [5, 5.41) is 3.17. The molecule has 2 aliphatic rings. The Morgan fingerprint density at radius 2 is 2.10 bits per heavy atom. The molecule has 0 heterocycles. The van der Waals surface area contributed by atoms with Crippen LogP contribution in [0.1, 0.15) is 51.0 Å². The molecule has 1 amide bonds. The molecule has 2 fully saturated rings. The Balaban J connectivity index is 1.52. The second-order valence-corrected chi connectivity index (χ2v) is 6.83. The first kappa shape index (κ1) is 14.4. The predicted octanol–water partition coefficient (Wildman–Crippen LogP) is 3.49.